The lowest BCUT2D eigenvalue weighted by Gasteiger charge is -2.38. The van der Waals surface area contributed by atoms with Crippen molar-refractivity contribution in [3.05, 3.63) is 36.3 Å². The highest BCUT2D eigenvalue weighted by molar-refractivity contribution is 5.74. The largest absolute Gasteiger partial charge is 0.411 e. The van der Waals surface area contributed by atoms with Crippen molar-refractivity contribution in [1.82, 2.24) is 15.0 Å². The maximum atomic E-state index is 8.81. The minimum Gasteiger partial charge on any atom is -0.411 e. The van der Waals surface area contributed by atoms with Crippen molar-refractivity contribution < 1.29 is 5.21 Å². The predicted molar refractivity (Wildman–Crippen MR) is 75.5 cm³/mol. The smallest absolute Gasteiger partial charge is 0.219 e. The lowest BCUT2D eigenvalue weighted by Crippen LogP contribution is -2.35. The molecule has 0 spiro atoms. The number of hydrogen-bond acceptors (Lipinski definition) is 6. The van der Waals surface area contributed by atoms with E-state index in [-0.39, 0.29) is 11.4 Å². The zero-order chi connectivity index (χ0) is 14.0. The molecule has 2 heterocycles. The van der Waals surface area contributed by atoms with Crippen LogP contribution in [0.5, 0.6) is 0 Å². The first kappa shape index (κ1) is 12.5. The Bertz CT molecular complexity index is 617. The minimum atomic E-state index is -0.155. The average Bonchev–Trinajstić information content (AvgIpc) is 2.44. The van der Waals surface area contributed by atoms with E-state index in [1.165, 1.54) is 0 Å². The third-order valence-electron chi connectivity index (χ3n) is 3.86. The van der Waals surface area contributed by atoms with Crippen LogP contribution < -0.4 is 5.73 Å². The first-order valence-electron chi connectivity index (χ1n) is 6.46. The lowest BCUT2D eigenvalue weighted by molar-refractivity contribution is 0.296. The Balaban J connectivity index is 1.89. The van der Waals surface area contributed by atoms with Gasteiger partial charge in [0.25, 0.3) is 0 Å². The van der Waals surface area contributed by atoms with Crippen LogP contribution in [0.15, 0.2) is 35.9 Å². The van der Waals surface area contributed by atoms with Crippen LogP contribution in [0.25, 0.3) is 11.3 Å². The van der Waals surface area contributed by atoms with Crippen LogP contribution in [0.4, 0.5) is 5.95 Å². The third-order valence-corrected chi connectivity index (χ3v) is 3.86. The monoisotopic (exact) mass is 269 g/mol. The van der Waals surface area contributed by atoms with E-state index >= 15 is 0 Å². The molecule has 1 aliphatic carbocycles. The summed E-state index contributed by atoms with van der Waals surface area (Å²) >= 11 is 0. The van der Waals surface area contributed by atoms with Crippen molar-refractivity contribution in [2.45, 2.75) is 24.7 Å². The summed E-state index contributed by atoms with van der Waals surface area (Å²) in [4.78, 5) is 12.4. The minimum absolute atomic E-state index is 0.155. The maximum Gasteiger partial charge on any atom is 0.219 e. The van der Waals surface area contributed by atoms with Gasteiger partial charge < -0.3 is 10.9 Å². The molecule has 0 unspecified atom stereocenters. The highest BCUT2D eigenvalue weighted by atomic mass is 16.4. The maximum absolute atomic E-state index is 8.81. The molecule has 6 heteroatoms. The van der Waals surface area contributed by atoms with Gasteiger partial charge in [0.15, 0.2) is 0 Å². The van der Waals surface area contributed by atoms with Crippen LogP contribution in [-0.2, 0) is 5.41 Å². The van der Waals surface area contributed by atoms with Crippen LogP contribution >= 0.6 is 0 Å². The number of nitrogen functional groups attached to an aromatic ring is 1. The topological polar surface area (TPSA) is 97.3 Å². The number of nitrogens with zero attached hydrogens (tertiary/aromatic N) is 4. The molecule has 2 aromatic heterocycles. The van der Waals surface area contributed by atoms with E-state index in [1.807, 2.05) is 18.3 Å². The highest BCUT2D eigenvalue weighted by Gasteiger charge is 2.37. The van der Waals surface area contributed by atoms with Gasteiger partial charge in [-0.15, -0.1) is 5.16 Å². The Morgan fingerprint density at radius 1 is 1.15 bits per heavy atom. The SMILES string of the molecule is Nc1ncc(-c2ccc(C3(/C=N/O)CCC3)cn2)cn1. The highest BCUT2D eigenvalue weighted by Crippen LogP contribution is 2.42. The van der Waals surface area contributed by atoms with Gasteiger partial charge in [0.1, 0.15) is 0 Å². The zero-order valence-corrected chi connectivity index (χ0v) is 10.9. The summed E-state index contributed by atoms with van der Waals surface area (Å²) < 4.78 is 0. The summed E-state index contributed by atoms with van der Waals surface area (Å²) in [6.07, 6.45) is 9.86. The van der Waals surface area contributed by atoms with E-state index in [2.05, 4.69) is 20.1 Å². The normalized spacial score (nSPS) is 17.0. The third kappa shape index (κ3) is 2.09. The number of rotatable bonds is 3. The second kappa shape index (κ2) is 4.88. The molecule has 0 atom stereocenters. The lowest BCUT2D eigenvalue weighted by atomic mass is 9.66. The van der Waals surface area contributed by atoms with Gasteiger partial charge in [0.2, 0.25) is 5.95 Å². The summed E-state index contributed by atoms with van der Waals surface area (Å²) in [5.74, 6) is 0.248. The standard InChI is InChI=1S/C14H15N5O/c15-13-17-6-10(7-18-13)12-3-2-11(8-16-12)14(9-19-20)4-1-5-14/h2-3,6-9,20H,1,4-5H2,(H2,15,17,18)/b19-9+. The molecule has 6 nitrogen and oxygen atoms in total. The molecular weight excluding hydrogens is 254 g/mol. The zero-order valence-electron chi connectivity index (χ0n) is 10.9. The second-order valence-electron chi connectivity index (χ2n) is 5.02. The first-order valence-corrected chi connectivity index (χ1v) is 6.46. The Hall–Kier alpha value is -2.50. The van der Waals surface area contributed by atoms with Crippen molar-refractivity contribution in [3.63, 3.8) is 0 Å². The summed E-state index contributed by atoms with van der Waals surface area (Å²) in [5, 5.41) is 12.0. The Kier molecular flexibility index (Phi) is 3.06. The molecule has 0 aromatic carbocycles. The van der Waals surface area contributed by atoms with Gasteiger partial charge in [-0.3, -0.25) is 4.98 Å². The molecule has 0 radical (unpaired) electrons. The molecule has 3 rings (SSSR count). The van der Waals surface area contributed by atoms with E-state index in [9.17, 15) is 0 Å². The van der Waals surface area contributed by atoms with E-state index in [0.29, 0.717) is 0 Å². The van der Waals surface area contributed by atoms with Crippen molar-refractivity contribution >= 4 is 12.2 Å². The van der Waals surface area contributed by atoms with E-state index < -0.39 is 0 Å². The van der Waals surface area contributed by atoms with Crippen LogP contribution in [0.2, 0.25) is 0 Å². The molecular formula is C14H15N5O. The van der Waals surface area contributed by atoms with Crippen molar-refractivity contribution in [3.8, 4) is 11.3 Å². The number of aromatic nitrogens is 3. The number of oxime groups is 1. The molecule has 3 N–H and O–H groups in total. The van der Waals surface area contributed by atoms with Gasteiger partial charge in [-0.2, -0.15) is 0 Å². The van der Waals surface area contributed by atoms with Crippen LogP contribution in [0.3, 0.4) is 0 Å². The fourth-order valence-corrected chi connectivity index (χ4v) is 2.49. The Morgan fingerprint density at radius 3 is 2.40 bits per heavy atom. The van der Waals surface area contributed by atoms with E-state index in [0.717, 1.165) is 36.1 Å². The van der Waals surface area contributed by atoms with Crippen LogP contribution in [0.1, 0.15) is 24.8 Å². The fraction of sp³-hybridized carbons (Fsp3) is 0.286. The van der Waals surface area contributed by atoms with E-state index in [4.69, 9.17) is 10.9 Å². The Labute approximate surface area is 116 Å². The van der Waals surface area contributed by atoms with E-state index in [1.54, 1.807) is 18.6 Å². The average molecular weight is 269 g/mol. The molecule has 0 amide bonds. The van der Waals surface area contributed by atoms with Gasteiger partial charge in [-0.25, -0.2) is 9.97 Å². The molecule has 1 aliphatic rings. The molecule has 2 aromatic rings. The molecule has 20 heavy (non-hydrogen) atoms. The summed E-state index contributed by atoms with van der Waals surface area (Å²) in [6, 6.07) is 3.94. The molecule has 1 saturated carbocycles. The number of hydrogen-bond donors (Lipinski definition) is 2. The number of nitrogens with two attached hydrogens (primary N) is 1. The number of pyridine rings is 1. The molecule has 1 fully saturated rings. The van der Waals surface area contributed by atoms with Gasteiger partial charge in [-0.1, -0.05) is 12.5 Å². The number of anilines is 1. The van der Waals surface area contributed by atoms with Gasteiger partial charge >= 0.3 is 0 Å². The van der Waals surface area contributed by atoms with Crippen molar-refractivity contribution in [1.29, 1.82) is 0 Å². The molecule has 0 saturated heterocycles. The molecule has 0 bridgehead atoms. The first-order chi connectivity index (χ1) is 9.73. The molecule has 102 valence electrons. The van der Waals surface area contributed by atoms with Crippen molar-refractivity contribution in [2.75, 3.05) is 5.73 Å². The van der Waals surface area contributed by atoms with Crippen LogP contribution in [-0.4, -0.2) is 26.4 Å². The fourth-order valence-electron chi connectivity index (χ4n) is 2.49. The van der Waals surface area contributed by atoms with Gasteiger partial charge in [0, 0.05) is 29.6 Å². The quantitative estimate of drug-likeness (QED) is 0.504. The summed E-state index contributed by atoms with van der Waals surface area (Å²) in [6.45, 7) is 0. The van der Waals surface area contributed by atoms with Gasteiger partial charge in [-0.05, 0) is 24.5 Å². The Morgan fingerprint density at radius 2 is 1.90 bits per heavy atom. The van der Waals surface area contributed by atoms with Crippen LogP contribution in [0, 0.1) is 0 Å². The summed E-state index contributed by atoms with van der Waals surface area (Å²) in [7, 11) is 0. The van der Waals surface area contributed by atoms with Crippen molar-refractivity contribution in [2.24, 2.45) is 5.16 Å². The predicted octanol–water partition coefficient (Wildman–Crippen LogP) is 2.00. The second-order valence-corrected chi connectivity index (χ2v) is 5.02. The summed E-state index contributed by atoms with van der Waals surface area (Å²) in [5.41, 5.74) is 8.00. The van der Waals surface area contributed by atoms with Gasteiger partial charge in [0.05, 0.1) is 11.9 Å². The molecule has 0 aliphatic heterocycles.